The maximum atomic E-state index is 12.7. The number of halogens is 5. The average Bonchev–Trinajstić information content (AvgIpc) is 2.50. The zero-order valence-electron chi connectivity index (χ0n) is 13.7. The molecule has 2 rings (SSSR count). The molecule has 2 aromatic carbocycles. The molecule has 5 nitrogen and oxygen atoms in total. The normalized spacial score (nSPS) is 11.9. The molecular weight excluding hydrogens is 428 g/mol. The lowest BCUT2D eigenvalue weighted by atomic mass is 10.2. The van der Waals surface area contributed by atoms with Crippen molar-refractivity contribution in [2.24, 2.45) is 0 Å². The van der Waals surface area contributed by atoms with Gasteiger partial charge in [0.05, 0.1) is 17.5 Å². The van der Waals surface area contributed by atoms with Gasteiger partial charge in [-0.1, -0.05) is 29.3 Å². The quantitative estimate of drug-likeness (QED) is 0.748. The minimum Gasteiger partial charge on any atom is -0.325 e. The predicted octanol–water partition coefficient (Wildman–Crippen LogP) is 4.42. The highest BCUT2D eigenvalue weighted by Crippen LogP contribution is 2.31. The lowest BCUT2D eigenvalue weighted by Crippen LogP contribution is -2.37. The molecule has 0 bridgehead atoms. The Balaban J connectivity index is 2.25. The van der Waals surface area contributed by atoms with Crippen molar-refractivity contribution in [2.45, 2.75) is 6.18 Å². The van der Waals surface area contributed by atoms with Crippen molar-refractivity contribution in [1.29, 1.82) is 0 Å². The molecule has 0 aromatic heterocycles. The Morgan fingerprint density at radius 2 is 1.70 bits per heavy atom. The van der Waals surface area contributed by atoms with E-state index in [2.05, 4.69) is 5.32 Å². The van der Waals surface area contributed by atoms with Gasteiger partial charge in [-0.25, -0.2) is 8.42 Å². The number of benzene rings is 2. The van der Waals surface area contributed by atoms with E-state index < -0.39 is 34.2 Å². The predicted molar refractivity (Wildman–Crippen MR) is 98.7 cm³/mol. The zero-order valence-corrected chi connectivity index (χ0v) is 16.0. The lowest BCUT2D eigenvalue weighted by Gasteiger charge is -2.22. The van der Waals surface area contributed by atoms with Crippen LogP contribution in [-0.2, 0) is 21.0 Å². The number of carbonyl (C=O) groups is 1. The Hall–Kier alpha value is -1.97. The van der Waals surface area contributed by atoms with Crippen LogP contribution < -0.4 is 9.62 Å². The van der Waals surface area contributed by atoms with Gasteiger partial charge in [-0.15, -0.1) is 0 Å². The fraction of sp³-hybridized carbons (Fsp3) is 0.188. The van der Waals surface area contributed by atoms with E-state index in [4.69, 9.17) is 23.2 Å². The van der Waals surface area contributed by atoms with Crippen molar-refractivity contribution in [3.8, 4) is 0 Å². The maximum absolute atomic E-state index is 12.7. The summed E-state index contributed by atoms with van der Waals surface area (Å²) in [4.78, 5) is 12.2. The first-order chi connectivity index (χ1) is 12.4. The molecule has 0 aliphatic carbocycles. The van der Waals surface area contributed by atoms with E-state index in [1.54, 1.807) is 0 Å². The van der Waals surface area contributed by atoms with Gasteiger partial charge in [-0.3, -0.25) is 9.10 Å². The van der Waals surface area contributed by atoms with Crippen molar-refractivity contribution < 1.29 is 26.4 Å². The number of carbonyl (C=O) groups excluding carboxylic acids is 1. The highest BCUT2D eigenvalue weighted by Gasteiger charge is 2.30. The number of anilines is 2. The minimum atomic E-state index is -4.57. The average molecular weight is 441 g/mol. The van der Waals surface area contributed by atoms with Gasteiger partial charge in [0.25, 0.3) is 0 Å². The fourth-order valence-electron chi connectivity index (χ4n) is 2.19. The van der Waals surface area contributed by atoms with Gasteiger partial charge < -0.3 is 5.32 Å². The third-order valence-corrected chi connectivity index (χ3v) is 4.87. The molecule has 0 fully saturated rings. The number of hydrogen-bond donors (Lipinski definition) is 1. The number of rotatable bonds is 5. The summed E-state index contributed by atoms with van der Waals surface area (Å²) in [6.45, 7) is -0.675. The molecule has 0 saturated heterocycles. The molecule has 0 radical (unpaired) electrons. The summed E-state index contributed by atoms with van der Waals surface area (Å²) in [6, 6.07) is 7.97. The summed E-state index contributed by atoms with van der Waals surface area (Å²) in [6.07, 6.45) is -3.70. The van der Waals surface area contributed by atoms with Crippen LogP contribution in [0.15, 0.2) is 42.5 Å². The monoisotopic (exact) mass is 440 g/mol. The third kappa shape index (κ3) is 6.02. The van der Waals surface area contributed by atoms with Gasteiger partial charge in [0.1, 0.15) is 6.54 Å². The molecule has 0 atom stereocenters. The molecule has 1 amide bonds. The zero-order chi connectivity index (χ0) is 20.4. The summed E-state index contributed by atoms with van der Waals surface area (Å²) in [5.74, 6) is -0.837. The third-order valence-electron chi connectivity index (χ3n) is 3.30. The summed E-state index contributed by atoms with van der Waals surface area (Å²) in [5.41, 5.74) is -1.01. The Labute approximate surface area is 163 Å². The van der Waals surface area contributed by atoms with Crippen LogP contribution in [0.2, 0.25) is 10.0 Å². The van der Waals surface area contributed by atoms with E-state index in [9.17, 15) is 26.4 Å². The molecule has 11 heteroatoms. The van der Waals surface area contributed by atoms with Crippen LogP contribution in [0.1, 0.15) is 5.56 Å². The van der Waals surface area contributed by atoms with E-state index in [1.807, 2.05) is 0 Å². The van der Waals surface area contributed by atoms with Crippen molar-refractivity contribution >= 4 is 50.5 Å². The number of sulfonamides is 1. The molecule has 1 N–H and O–H groups in total. The number of hydrogen-bond acceptors (Lipinski definition) is 3. The largest absolute Gasteiger partial charge is 0.416 e. The highest BCUT2D eigenvalue weighted by molar-refractivity contribution is 7.92. The van der Waals surface area contributed by atoms with Crippen LogP contribution in [0.5, 0.6) is 0 Å². The Kier molecular flexibility index (Phi) is 6.28. The molecule has 0 aliphatic heterocycles. The summed E-state index contributed by atoms with van der Waals surface area (Å²) < 4.78 is 63.1. The molecule has 0 spiro atoms. The first-order valence-corrected chi connectivity index (χ1v) is 9.87. The van der Waals surface area contributed by atoms with Crippen LogP contribution in [-0.4, -0.2) is 27.1 Å². The van der Waals surface area contributed by atoms with Crippen molar-refractivity contribution in [3.63, 3.8) is 0 Å². The molecule has 0 unspecified atom stereocenters. The van der Waals surface area contributed by atoms with Crippen LogP contribution in [0.4, 0.5) is 24.5 Å². The number of alkyl halides is 3. The lowest BCUT2D eigenvalue weighted by molar-refractivity contribution is -0.137. The molecule has 2 aromatic rings. The van der Waals surface area contributed by atoms with Crippen LogP contribution in [0, 0.1) is 0 Å². The second-order valence-electron chi connectivity index (χ2n) is 5.52. The number of nitrogens with zero attached hydrogens (tertiary/aromatic N) is 1. The Morgan fingerprint density at radius 3 is 2.22 bits per heavy atom. The highest BCUT2D eigenvalue weighted by atomic mass is 35.5. The standard InChI is InChI=1S/C16H13Cl2F3N2O3S/c1-27(25,26)23(14-7-11(17)6-12(18)8-14)9-15(24)22-13-4-2-3-10(5-13)16(19,20)21/h2-8H,9H2,1H3,(H,22,24). The topological polar surface area (TPSA) is 66.5 Å². The second-order valence-corrected chi connectivity index (χ2v) is 8.30. The van der Waals surface area contributed by atoms with Gasteiger partial charge in [0, 0.05) is 15.7 Å². The van der Waals surface area contributed by atoms with Crippen molar-refractivity contribution in [1.82, 2.24) is 0 Å². The van der Waals surface area contributed by atoms with E-state index in [0.29, 0.717) is 0 Å². The molecule has 0 aliphatic rings. The first kappa shape index (κ1) is 21.3. The summed E-state index contributed by atoms with van der Waals surface area (Å²) in [7, 11) is -3.90. The van der Waals surface area contributed by atoms with Crippen LogP contribution in [0.25, 0.3) is 0 Å². The van der Waals surface area contributed by atoms with Gasteiger partial charge in [-0.05, 0) is 36.4 Å². The number of amides is 1. The van der Waals surface area contributed by atoms with Crippen LogP contribution in [0.3, 0.4) is 0 Å². The second kappa shape index (κ2) is 7.95. The van der Waals surface area contributed by atoms with Gasteiger partial charge in [-0.2, -0.15) is 13.2 Å². The molecular formula is C16H13Cl2F3N2O3S. The Morgan fingerprint density at radius 1 is 1.11 bits per heavy atom. The SMILES string of the molecule is CS(=O)(=O)N(CC(=O)Nc1cccc(C(F)(F)F)c1)c1cc(Cl)cc(Cl)c1. The van der Waals surface area contributed by atoms with Gasteiger partial charge >= 0.3 is 6.18 Å². The van der Waals surface area contributed by atoms with Gasteiger partial charge in [0.2, 0.25) is 15.9 Å². The van der Waals surface area contributed by atoms with E-state index >= 15 is 0 Å². The summed E-state index contributed by atoms with van der Waals surface area (Å²) in [5, 5.41) is 2.56. The van der Waals surface area contributed by atoms with Crippen LogP contribution >= 0.6 is 23.2 Å². The van der Waals surface area contributed by atoms with E-state index in [0.717, 1.165) is 28.8 Å². The first-order valence-electron chi connectivity index (χ1n) is 7.27. The number of nitrogens with one attached hydrogen (secondary N) is 1. The van der Waals surface area contributed by atoms with E-state index in [1.165, 1.54) is 24.3 Å². The molecule has 0 saturated carbocycles. The van der Waals surface area contributed by atoms with Crippen molar-refractivity contribution in [3.05, 3.63) is 58.1 Å². The fourth-order valence-corrected chi connectivity index (χ4v) is 3.54. The van der Waals surface area contributed by atoms with Gasteiger partial charge in [0.15, 0.2) is 0 Å². The van der Waals surface area contributed by atoms with Crippen molar-refractivity contribution in [2.75, 3.05) is 22.4 Å². The Bertz CT molecular complexity index is 945. The minimum absolute atomic E-state index is 0.0502. The maximum Gasteiger partial charge on any atom is 0.416 e. The molecule has 146 valence electrons. The molecule has 27 heavy (non-hydrogen) atoms. The summed E-state index contributed by atoms with van der Waals surface area (Å²) >= 11 is 11.7. The smallest absolute Gasteiger partial charge is 0.325 e. The van der Waals surface area contributed by atoms with E-state index in [-0.39, 0.29) is 21.4 Å². The molecule has 0 heterocycles.